The highest BCUT2D eigenvalue weighted by atomic mass is 15.2. The van der Waals surface area contributed by atoms with E-state index in [2.05, 4.69) is 31.1 Å². The number of unbranched alkanes of at least 4 members (excludes halogenated alkanes) is 3. The Morgan fingerprint density at radius 1 is 1.11 bits per heavy atom. The summed E-state index contributed by atoms with van der Waals surface area (Å²) in [4.78, 5) is 2.63. The van der Waals surface area contributed by atoms with Gasteiger partial charge in [0.25, 0.3) is 0 Å². The first kappa shape index (κ1) is 14.3. The second kappa shape index (κ2) is 6.91. The van der Waals surface area contributed by atoms with Crippen molar-refractivity contribution in [3.05, 3.63) is 0 Å². The van der Waals surface area contributed by atoms with Crippen LogP contribution in [0, 0.1) is 0 Å². The number of hydrogen-bond acceptors (Lipinski definition) is 2. The fraction of sp³-hybridized carbons (Fsp3) is 1.00. The highest BCUT2D eigenvalue weighted by molar-refractivity contribution is 4.96. The highest BCUT2D eigenvalue weighted by Gasteiger charge is 2.38. The molecule has 1 N–H and O–H groups in total. The van der Waals surface area contributed by atoms with Crippen LogP contribution in [-0.4, -0.2) is 36.1 Å². The van der Waals surface area contributed by atoms with Gasteiger partial charge in [0, 0.05) is 24.2 Å². The standard InChI is InChI=1S/C16H32N2/c1-4-5-6-7-8-13(2)17-14-11-15-9-10-16(12-14)18(15)3/h13-17H,4-12H2,1-3H3. The molecule has 0 aromatic heterocycles. The van der Waals surface area contributed by atoms with Gasteiger partial charge in [-0.2, -0.15) is 0 Å². The predicted molar refractivity (Wildman–Crippen MR) is 79.0 cm³/mol. The van der Waals surface area contributed by atoms with Gasteiger partial charge in [-0.25, -0.2) is 0 Å². The second-order valence-electron chi connectivity index (χ2n) is 6.64. The Balaban J connectivity index is 1.64. The molecule has 2 nitrogen and oxygen atoms in total. The molecule has 2 bridgehead atoms. The molecule has 0 aromatic carbocycles. The Hall–Kier alpha value is -0.0800. The van der Waals surface area contributed by atoms with Crippen molar-refractivity contribution in [2.75, 3.05) is 7.05 Å². The molecule has 0 aromatic rings. The van der Waals surface area contributed by atoms with E-state index in [1.807, 2.05) is 0 Å². The summed E-state index contributed by atoms with van der Waals surface area (Å²) in [5, 5.41) is 3.89. The molecule has 0 saturated carbocycles. The normalized spacial score (nSPS) is 33.8. The van der Waals surface area contributed by atoms with Crippen LogP contribution in [0.1, 0.15) is 71.6 Å². The third kappa shape index (κ3) is 3.71. The van der Waals surface area contributed by atoms with E-state index in [0.29, 0.717) is 0 Å². The van der Waals surface area contributed by atoms with Crippen LogP contribution >= 0.6 is 0 Å². The Kier molecular flexibility index (Phi) is 5.50. The molecule has 2 aliphatic heterocycles. The highest BCUT2D eigenvalue weighted by Crippen LogP contribution is 2.34. The zero-order chi connectivity index (χ0) is 13.0. The van der Waals surface area contributed by atoms with Gasteiger partial charge in [0.2, 0.25) is 0 Å². The van der Waals surface area contributed by atoms with Crippen LogP contribution in [0.15, 0.2) is 0 Å². The van der Waals surface area contributed by atoms with Gasteiger partial charge in [-0.3, -0.25) is 0 Å². The van der Waals surface area contributed by atoms with Gasteiger partial charge in [0.05, 0.1) is 0 Å². The molecule has 2 fully saturated rings. The van der Waals surface area contributed by atoms with Crippen LogP contribution in [0.4, 0.5) is 0 Å². The SMILES string of the molecule is CCCCCCC(C)NC1CC2CCC(C1)N2C. The van der Waals surface area contributed by atoms with E-state index >= 15 is 0 Å². The lowest BCUT2D eigenvalue weighted by Gasteiger charge is -2.38. The summed E-state index contributed by atoms with van der Waals surface area (Å²) < 4.78 is 0. The van der Waals surface area contributed by atoms with Crippen molar-refractivity contribution in [2.45, 2.75) is 95.8 Å². The minimum atomic E-state index is 0.717. The molecule has 2 heteroatoms. The summed E-state index contributed by atoms with van der Waals surface area (Å²) >= 11 is 0. The van der Waals surface area contributed by atoms with Crippen LogP contribution in [0.3, 0.4) is 0 Å². The quantitative estimate of drug-likeness (QED) is 0.697. The predicted octanol–water partition coefficient (Wildman–Crippen LogP) is 3.56. The molecule has 2 aliphatic rings. The topological polar surface area (TPSA) is 15.3 Å². The van der Waals surface area contributed by atoms with Crippen LogP contribution in [-0.2, 0) is 0 Å². The van der Waals surface area contributed by atoms with E-state index < -0.39 is 0 Å². The summed E-state index contributed by atoms with van der Waals surface area (Å²) in [6.07, 6.45) is 12.6. The van der Waals surface area contributed by atoms with Crippen molar-refractivity contribution in [1.29, 1.82) is 0 Å². The molecule has 2 heterocycles. The Morgan fingerprint density at radius 3 is 2.39 bits per heavy atom. The van der Waals surface area contributed by atoms with Gasteiger partial charge in [0.15, 0.2) is 0 Å². The number of nitrogens with zero attached hydrogens (tertiary/aromatic N) is 1. The average Bonchev–Trinajstić information content (AvgIpc) is 2.58. The Bertz CT molecular complexity index is 227. The lowest BCUT2D eigenvalue weighted by molar-refractivity contribution is 0.143. The molecule has 0 amide bonds. The zero-order valence-corrected chi connectivity index (χ0v) is 12.6. The molecule has 3 unspecified atom stereocenters. The molecule has 3 atom stereocenters. The summed E-state index contributed by atoms with van der Waals surface area (Å²) in [7, 11) is 2.33. The lowest BCUT2D eigenvalue weighted by Crippen LogP contribution is -2.49. The molecule has 106 valence electrons. The summed E-state index contributed by atoms with van der Waals surface area (Å²) in [6, 6.07) is 3.25. The third-order valence-corrected chi connectivity index (χ3v) is 5.11. The zero-order valence-electron chi connectivity index (χ0n) is 12.6. The van der Waals surface area contributed by atoms with Gasteiger partial charge in [-0.1, -0.05) is 32.6 Å². The Labute approximate surface area is 114 Å². The van der Waals surface area contributed by atoms with Gasteiger partial charge in [-0.15, -0.1) is 0 Å². The number of fused-ring (bicyclic) bond motifs is 2. The van der Waals surface area contributed by atoms with E-state index in [9.17, 15) is 0 Å². The van der Waals surface area contributed by atoms with Crippen molar-refractivity contribution >= 4 is 0 Å². The molecular weight excluding hydrogens is 220 g/mol. The van der Waals surface area contributed by atoms with Crippen molar-refractivity contribution in [1.82, 2.24) is 10.2 Å². The summed E-state index contributed by atoms with van der Waals surface area (Å²) in [5.74, 6) is 0. The first-order valence-electron chi connectivity index (χ1n) is 8.18. The maximum absolute atomic E-state index is 3.89. The van der Waals surface area contributed by atoms with Crippen LogP contribution in [0.2, 0.25) is 0 Å². The van der Waals surface area contributed by atoms with Crippen LogP contribution < -0.4 is 5.32 Å². The average molecular weight is 252 g/mol. The minimum Gasteiger partial charge on any atom is -0.311 e. The maximum atomic E-state index is 3.89. The van der Waals surface area contributed by atoms with E-state index in [4.69, 9.17) is 0 Å². The van der Waals surface area contributed by atoms with Crippen molar-refractivity contribution in [3.63, 3.8) is 0 Å². The number of hydrogen-bond donors (Lipinski definition) is 1. The lowest BCUT2D eigenvalue weighted by atomic mass is 9.96. The molecule has 2 rings (SSSR count). The number of nitrogens with one attached hydrogen (secondary N) is 1. The molecule has 0 aliphatic carbocycles. The van der Waals surface area contributed by atoms with Gasteiger partial charge >= 0.3 is 0 Å². The first-order valence-corrected chi connectivity index (χ1v) is 8.18. The third-order valence-electron chi connectivity index (χ3n) is 5.11. The fourth-order valence-electron chi connectivity index (χ4n) is 3.91. The van der Waals surface area contributed by atoms with Crippen LogP contribution in [0.25, 0.3) is 0 Å². The van der Waals surface area contributed by atoms with Gasteiger partial charge in [0.1, 0.15) is 0 Å². The van der Waals surface area contributed by atoms with E-state index in [1.54, 1.807) is 0 Å². The van der Waals surface area contributed by atoms with E-state index in [1.165, 1.54) is 57.8 Å². The van der Waals surface area contributed by atoms with E-state index in [-0.39, 0.29) is 0 Å². The van der Waals surface area contributed by atoms with Crippen molar-refractivity contribution in [2.24, 2.45) is 0 Å². The molecule has 0 radical (unpaired) electrons. The van der Waals surface area contributed by atoms with Gasteiger partial charge in [-0.05, 0) is 46.1 Å². The maximum Gasteiger partial charge on any atom is 0.0111 e. The van der Waals surface area contributed by atoms with E-state index in [0.717, 1.165) is 24.2 Å². The Morgan fingerprint density at radius 2 is 1.78 bits per heavy atom. The number of piperidine rings is 1. The molecule has 2 saturated heterocycles. The summed E-state index contributed by atoms with van der Waals surface area (Å²) in [6.45, 7) is 4.67. The largest absolute Gasteiger partial charge is 0.311 e. The van der Waals surface area contributed by atoms with Gasteiger partial charge < -0.3 is 10.2 Å². The first-order chi connectivity index (χ1) is 8.70. The summed E-state index contributed by atoms with van der Waals surface area (Å²) in [5.41, 5.74) is 0. The smallest absolute Gasteiger partial charge is 0.0111 e. The minimum absolute atomic E-state index is 0.717. The second-order valence-corrected chi connectivity index (χ2v) is 6.64. The molecule has 18 heavy (non-hydrogen) atoms. The fourth-order valence-corrected chi connectivity index (χ4v) is 3.91. The number of rotatable bonds is 7. The van der Waals surface area contributed by atoms with Crippen molar-refractivity contribution < 1.29 is 0 Å². The van der Waals surface area contributed by atoms with Crippen molar-refractivity contribution in [3.8, 4) is 0 Å². The molecule has 0 spiro atoms. The molecular formula is C16H32N2. The van der Waals surface area contributed by atoms with Crippen LogP contribution in [0.5, 0.6) is 0 Å². The monoisotopic (exact) mass is 252 g/mol.